The number of nitrogens with one attached hydrogen (secondary N) is 1. The second-order valence-corrected chi connectivity index (χ2v) is 5.60. The third-order valence-electron chi connectivity index (χ3n) is 2.53. The van der Waals surface area contributed by atoms with Gasteiger partial charge in [0, 0.05) is 12.1 Å². The van der Waals surface area contributed by atoms with Gasteiger partial charge in [0.15, 0.2) is 0 Å². The molecule has 6 nitrogen and oxygen atoms in total. The molecule has 0 aliphatic rings. The van der Waals surface area contributed by atoms with E-state index in [0.29, 0.717) is 0 Å². The molecular weight excluding hydrogens is 281 g/mol. The van der Waals surface area contributed by atoms with Crippen molar-refractivity contribution < 1.29 is 29.2 Å². The quantitative estimate of drug-likeness (QED) is 0.674. The fraction of sp³-hybridized carbons (Fsp3) is 0.500. The molecule has 21 heavy (non-hydrogen) atoms. The Hall–Kier alpha value is -1.86. The van der Waals surface area contributed by atoms with Crippen LogP contribution in [0.3, 0.4) is 0 Å². The highest BCUT2D eigenvalue weighted by Gasteiger charge is 2.23. The standard InChI is InChI=1S/C14H20FNO5/c1-14(2,3)21-13(20)16-7-11(18)12(19)9-6-8(15)4-5-10(9)17/h4-6,11-12,17-19H,7H2,1-3H3,(H,16,20). The first kappa shape index (κ1) is 17.2. The number of hydrogen-bond donors (Lipinski definition) is 4. The lowest BCUT2D eigenvalue weighted by Crippen LogP contribution is -2.38. The van der Waals surface area contributed by atoms with Crippen molar-refractivity contribution in [2.75, 3.05) is 6.54 Å². The maximum atomic E-state index is 13.1. The van der Waals surface area contributed by atoms with Crippen LogP contribution in [0.5, 0.6) is 5.75 Å². The molecule has 0 bridgehead atoms. The second kappa shape index (κ2) is 6.73. The van der Waals surface area contributed by atoms with Crippen molar-refractivity contribution >= 4 is 6.09 Å². The number of rotatable bonds is 4. The first-order valence-electron chi connectivity index (χ1n) is 6.41. The highest BCUT2D eigenvalue weighted by atomic mass is 19.1. The van der Waals surface area contributed by atoms with E-state index in [1.165, 1.54) is 0 Å². The van der Waals surface area contributed by atoms with Crippen LogP contribution in [0.4, 0.5) is 9.18 Å². The maximum Gasteiger partial charge on any atom is 0.407 e. The number of carbonyl (C=O) groups is 1. The monoisotopic (exact) mass is 301 g/mol. The number of ether oxygens (including phenoxy) is 1. The van der Waals surface area contributed by atoms with E-state index < -0.39 is 29.7 Å². The fourth-order valence-corrected chi connectivity index (χ4v) is 1.58. The molecule has 0 saturated carbocycles. The molecule has 7 heteroatoms. The number of amides is 1. The van der Waals surface area contributed by atoms with E-state index in [4.69, 9.17) is 4.74 Å². The fourth-order valence-electron chi connectivity index (χ4n) is 1.58. The highest BCUT2D eigenvalue weighted by molar-refractivity contribution is 5.67. The molecule has 2 unspecified atom stereocenters. The van der Waals surface area contributed by atoms with E-state index >= 15 is 0 Å². The molecule has 1 aromatic carbocycles. The number of halogens is 1. The van der Waals surface area contributed by atoms with Crippen molar-refractivity contribution in [3.63, 3.8) is 0 Å². The third kappa shape index (κ3) is 5.57. The summed E-state index contributed by atoms with van der Waals surface area (Å²) in [6.45, 7) is 4.74. The highest BCUT2D eigenvalue weighted by Crippen LogP contribution is 2.27. The molecule has 0 heterocycles. The van der Waals surface area contributed by atoms with Crippen molar-refractivity contribution in [3.8, 4) is 5.75 Å². The summed E-state index contributed by atoms with van der Waals surface area (Å²) >= 11 is 0. The minimum absolute atomic E-state index is 0.159. The third-order valence-corrected chi connectivity index (χ3v) is 2.53. The molecule has 0 fully saturated rings. The van der Waals surface area contributed by atoms with Crippen LogP contribution in [0.15, 0.2) is 18.2 Å². The smallest absolute Gasteiger partial charge is 0.407 e. The van der Waals surface area contributed by atoms with Gasteiger partial charge in [0.2, 0.25) is 0 Å². The average Bonchev–Trinajstić information content (AvgIpc) is 2.36. The Morgan fingerprint density at radius 3 is 2.57 bits per heavy atom. The average molecular weight is 301 g/mol. The van der Waals surface area contributed by atoms with Gasteiger partial charge < -0.3 is 25.4 Å². The zero-order chi connectivity index (χ0) is 16.2. The molecule has 0 aliphatic carbocycles. The van der Waals surface area contributed by atoms with Gasteiger partial charge in [-0.1, -0.05) is 0 Å². The Balaban J connectivity index is 2.61. The summed E-state index contributed by atoms with van der Waals surface area (Å²) in [5.74, 6) is -1.01. The molecule has 1 rings (SSSR count). The number of benzene rings is 1. The zero-order valence-electron chi connectivity index (χ0n) is 12.1. The van der Waals surface area contributed by atoms with Crippen LogP contribution in [-0.4, -0.2) is 39.7 Å². The van der Waals surface area contributed by atoms with Crippen molar-refractivity contribution in [3.05, 3.63) is 29.6 Å². The molecule has 0 aliphatic heterocycles. The van der Waals surface area contributed by atoms with Gasteiger partial charge in [-0.15, -0.1) is 0 Å². The molecular formula is C14H20FNO5. The van der Waals surface area contributed by atoms with Gasteiger partial charge in [-0.25, -0.2) is 9.18 Å². The Morgan fingerprint density at radius 1 is 1.38 bits per heavy atom. The molecule has 1 aromatic rings. The molecule has 0 radical (unpaired) electrons. The van der Waals surface area contributed by atoms with Gasteiger partial charge >= 0.3 is 6.09 Å². The van der Waals surface area contributed by atoms with Crippen LogP contribution >= 0.6 is 0 Å². The first-order chi connectivity index (χ1) is 9.60. The van der Waals surface area contributed by atoms with Gasteiger partial charge in [-0.2, -0.15) is 0 Å². The normalized spacial score (nSPS) is 14.4. The van der Waals surface area contributed by atoms with Crippen LogP contribution in [0.1, 0.15) is 32.4 Å². The Morgan fingerprint density at radius 2 is 2.00 bits per heavy atom. The minimum Gasteiger partial charge on any atom is -0.508 e. The predicted octanol–water partition coefficient (Wildman–Crippen LogP) is 1.45. The number of phenols is 1. The van der Waals surface area contributed by atoms with E-state index in [-0.39, 0.29) is 17.9 Å². The van der Waals surface area contributed by atoms with E-state index in [0.717, 1.165) is 18.2 Å². The van der Waals surface area contributed by atoms with E-state index in [9.17, 15) is 24.5 Å². The summed E-state index contributed by atoms with van der Waals surface area (Å²) in [6, 6.07) is 3.01. The van der Waals surface area contributed by atoms with Crippen molar-refractivity contribution in [1.82, 2.24) is 5.32 Å². The number of phenolic OH excluding ortho intramolecular Hbond substituents is 1. The van der Waals surface area contributed by atoms with Crippen LogP contribution < -0.4 is 5.32 Å². The number of carbonyl (C=O) groups excluding carboxylic acids is 1. The Labute approximate surface area is 122 Å². The lowest BCUT2D eigenvalue weighted by Gasteiger charge is -2.22. The SMILES string of the molecule is CC(C)(C)OC(=O)NCC(O)C(O)c1cc(F)ccc1O. The van der Waals surface area contributed by atoms with Crippen molar-refractivity contribution in [2.45, 2.75) is 38.6 Å². The van der Waals surface area contributed by atoms with Crippen LogP contribution in [0.25, 0.3) is 0 Å². The number of aliphatic hydroxyl groups is 2. The minimum atomic E-state index is -1.55. The summed E-state index contributed by atoms with van der Waals surface area (Å²) < 4.78 is 18.0. The molecule has 2 atom stereocenters. The lowest BCUT2D eigenvalue weighted by molar-refractivity contribution is 0.0118. The van der Waals surface area contributed by atoms with Crippen LogP contribution in [0, 0.1) is 5.82 Å². The zero-order valence-corrected chi connectivity index (χ0v) is 12.1. The number of aliphatic hydroxyl groups excluding tert-OH is 2. The summed E-state index contributed by atoms with van der Waals surface area (Å²) in [4.78, 5) is 11.4. The van der Waals surface area contributed by atoms with E-state index in [2.05, 4.69) is 5.32 Å². The Bertz CT molecular complexity index is 501. The van der Waals surface area contributed by atoms with E-state index in [1.54, 1.807) is 20.8 Å². The second-order valence-electron chi connectivity index (χ2n) is 5.60. The molecule has 118 valence electrons. The number of aromatic hydroxyl groups is 1. The van der Waals surface area contributed by atoms with Crippen LogP contribution in [-0.2, 0) is 4.74 Å². The first-order valence-corrected chi connectivity index (χ1v) is 6.41. The van der Waals surface area contributed by atoms with E-state index in [1.807, 2.05) is 0 Å². The molecule has 0 saturated heterocycles. The van der Waals surface area contributed by atoms with Crippen LogP contribution in [0.2, 0.25) is 0 Å². The summed E-state index contributed by atoms with van der Waals surface area (Å²) in [7, 11) is 0. The largest absolute Gasteiger partial charge is 0.508 e. The molecule has 1 amide bonds. The molecule has 4 N–H and O–H groups in total. The Kier molecular flexibility index (Phi) is 5.51. The lowest BCUT2D eigenvalue weighted by atomic mass is 10.0. The topological polar surface area (TPSA) is 99.0 Å². The number of alkyl carbamates (subject to hydrolysis) is 1. The maximum absolute atomic E-state index is 13.1. The van der Waals surface area contributed by atoms with Gasteiger partial charge in [0.25, 0.3) is 0 Å². The number of hydrogen-bond acceptors (Lipinski definition) is 5. The summed E-state index contributed by atoms with van der Waals surface area (Å²) in [5, 5.41) is 31.5. The van der Waals surface area contributed by atoms with Crippen molar-refractivity contribution in [2.24, 2.45) is 0 Å². The van der Waals surface area contributed by atoms with Gasteiger partial charge in [0.05, 0.1) is 0 Å². The summed E-state index contributed by atoms with van der Waals surface area (Å²) in [5.41, 5.74) is -0.845. The van der Waals surface area contributed by atoms with Crippen molar-refractivity contribution in [1.29, 1.82) is 0 Å². The molecule has 0 spiro atoms. The van der Waals surface area contributed by atoms with Gasteiger partial charge in [0.1, 0.15) is 29.4 Å². The van der Waals surface area contributed by atoms with Gasteiger partial charge in [-0.05, 0) is 39.0 Å². The molecule has 0 aromatic heterocycles. The summed E-state index contributed by atoms with van der Waals surface area (Å²) in [6.07, 6.45) is -3.72. The predicted molar refractivity (Wildman–Crippen MR) is 73.3 cm³/mol. The van der Waals surface area contributed by atoms with Gasteiger partial charge in [-0.3, -0.25) is 0 Å².